The summed E-state index contributed by atoms with van der Waals surface area (Å²) in [5.74, 6) is 0.614. The van der Waals surface area contributed by atoms with E-state index in [0.29, 0.717) is 12.3 Å². The summed E-state index contributed by atoms with van der Waals surface area (Å²) in [6, 6.07) is 10.2. The third-order valence-electron chi connectivity index (χ3n) is 3.96. The lowest BCUT2D eigenvalue weighted by Crippen LogP contribution is -2.37. The smallest absolute Gasteiger partial charge is 0.267 e. The number of carbonyl (C=O) groups excluding carboxylic acids is 1. The second kappa shape index (κ2) is 6.86. The molecule has 1 heterocycles. The predicted molar refractivity (Wildman–Crippen MR) is 91.0 cm³/mol. The molecule has 6 heteroatoms. The molecule has 1 aliphatic carbocycles. The SMILES string of the molecule is CCOc1ccc(-c2ccc(=O)n(C(C)C(=O)NC3CC3)n2)cc1. The molecule has 1 saturated carbocycles. The van der Waals surface area contributed by atoms with Crippen molar-refractivity contribution in [1.82, 2.24) is 15.1 Å². The Labute approximate surface area is 140 Å². The van der Waals surface area contributed by atoms with Crippen LogP contribution >= 0.6 is 0 Å². The standard InChI is InChI=1S/C18H21N3O3/c1-3-24-15-8-4-13(5-9-15)16-10-11-17(22)21(20-16)12(2)18(23)19-14-6-7-14/h4-5,8-12,14H,3,6-7H2,1-2H3,(H,19,23). The van der Waals surface area contributed by atoms with Crippen molar-refractivity contribution >= 4 is 5.91 Å². The molecule has 0 bridgehead atoms. The number of aromatic nitrogens is 2. The molecule has 3 rings (SSSR count). The van der Waals surface area contributed by atoms with Crippen molar-refractivity contribution in [2.45, 2.75) is 38.8 Å². The van der Waals surface area contributed by atoms with E-state index in [1.165, 1.54) is 10.7 Å². The van der Waals surface area contributed by atoms with Gasteiger partial charge in [0, 0.05) is 17.7 Å². The quantitative estimate of drug-likeness (QED) is 0.882. The van der Waals surface area contributed by atoms with Gasteiger partial charge in [-0.1, -0.05) is 0 Å². The van der Waals surface area contributed by atoms with Gasteiger partial charge in [0.05, 0.1) is 12.3 Å². The Morgan fingerprint density at radius 2 is 2.00 bits per heavy atom. The summed E-state index contributed by atoms with van der Waals surface area (Å²) in [6.07, 6.45) is 2.01. The molecule has 0 aliphatic heterocycles. The third-order valence-corrected chi connectivity index (χ3v) is 3.96. The minimum absolute atomic E-state index is 0.170. The maximum atomic E-state index is 12.2. The van der Waals surface area contributed by atoms with E-state index in [4.69, 9.17) is 4.74 Å². The van der Waals surface area contributed by atoms with E-state index in [2.05, 4.69) is 10.4 Å². The predicted octanol–water partition coefficient (Wildman–Crippen LogP) is 2.15. The number of rotatable bonds is 6. The van der Waals surface area contributed by atoms with Gasteiger partial charge in [-0.2, -0.15) is 5.10 Å². The van der Waals surface area contributed by atoms with Crippen LogP contribution in [0.2, 0.25) is 0 Å². The summed E-state index contributed by atoms with van der Waals surface area (Å²) in [5.41, 5.74) is 1.22. The minimum Gasteiger partial charge on any atom is -0.494 e. The van der Waals surface area contributed by atoms with E-state index in [1.54, 1.807) is 13.0 Å². The molecule has 0 radical (unpaired) electrons. The Bertz CT molecular complexity index is 779. The van der Waals surface area contributed by atoms with Crippen LogP contribution < -0.4 is 15.6 Å². The van der Waals surface area contributed by atoms with Crippen molar-refractivity contribution in [3.05, 3.63) is 46.8 Å². The first-order valence-electron chi connectivity index (χ1n) is 8.22. The molecule has 1 aromatic carbocycles. The summed E-state index contributed by atoms with van der Waals surface area (Å²) in [4.78, 5) is 24.3. The Morgan fingerprint density at radius 1 is 1.29 bits per heavy atom. The lowest BCUT2D eigenvalue weighted by atomic mass is 10.1. The van der Waals surface area contributed by atoms with E-state index in [1.807, 2.05) is 31.2 Å². The monoisotopic (exact) mass is 327 g/mol. The van der Waals surface area contributed by atoms with Gasteiger partial charge in [-0.3, -0.25) is 9.59 Å². The summed E-state index contributed by atoms with van der Waals surface area (Å²) in [5, 5.41) is 7.27. The fraction of sp³-hybridized carbons (Fsp3) is 0.389. The molecule has 0 saturated heterocycles. The highest BCUT2D eigenvalue weighted by atomic mass is 16.5. The van der Waals surface area contributed by atoms with Crippen molar-refractivity contribution in [2.75, 3.05) is 6.61 Å². The molecular weight excluding hydrogens is 306 g/mol. The Balaban J connectivity index is 1.84. The minimum atomic E-state index is -0.638. The maximum Gasteiger partial charge on any atom is 0.267 e. The second-order valence-corrected chi connectivity index (χ2v) is 5.92. The van der Waals surface area contributed by atoms with Crippen molar-refractivity contribution in [3.8, 4) is 17.0 Å². The molecule has 6 nitrogen and oxygen atoms in total. The van der Waals surface area contributed by atoms with Crippen LogP contribution in [0, 0.1) is 0 Å². The van der Waals surface area contributed by atoms with Crippen LogP contribution in [0.3, 0.4) is 0 Å². The number of nitrogens with zero attached hydrogens (tertiary/aromatic N) is 2. The molecule has 1 aliphatic rings. The molecule has 1 N–H and O–H groups in total. The van der Waals surface area contributed by atoms with Gasteiger partial charge in [-0.05, 0) is 57.0 Å². The lowest BCUT2D eigenvalue weighted by molar-refractivity contribution is -0.124. The van der Waals surface area contributed by atoms with Gasteiger partial charge in [0.1, 0.15) is 11.8 Å². The third kappa shape index (κ3) is 3.64. The van der Waals surface area contributed by atoms with Crippen LogP contribution in [0.1, 0.15) is 32.7 Å². The van der Waals surface area contributed by atoms with E-state index in [-0.39, 0.29) is 17.5 Å². The summed E-state index contributed by atoms with van der Waals surface area (Å²) in [6.45, 7) is 4.23. The summed E-state index contributed by atoms with van der Waals surface area (Å²) >= 11 is 0. The molecule has 126 valence electrons. The molecule has 1 atom stereocenters. The van der Waals surface area contributed by atoms with Crippen LogP contribution in [0.5, 0.6) is 5.75 Å². The van der Waals surface area contributed by atoms with Gasteiger partial charge in [-0.15, -0.1) is 0 Å². The number of hydrogen-bond donors (Lipinski definition) is 1. The number of benzene rings is 1. The molecule has 1 amide bonds. The zero-order valence-electron chi connectivity index (χ0n) is 13.9. The van der Waals surface area contributed by atoms with Crippen LogP contribution in [-0.4, -0.2) is 28.3 Å². The molecule has 24 heavy (non-hydrogen) atoms. The van der Waals surface area contributed by atoms with Crippen molar-refractivity contribution in [1.29, 1.82) is 0 Å². The molecule has 2 aromatic rings. The van der Waals surface area contributed by atoms with Gasteiger partial charge in [0.25, 0.3) is 5.56 Å². The number of ether oxygens (including phenoxy) is 1. The maximum absolute atomic E-state index is 12.2. The van der Waals surface area contributed by atoms with E-state index >= 15 is 0 Å². The Morgan fingerprint density at radius 3 is 2.62 bits per heavy atom. The lowest BCUT2D eigenvalue weighted by Gasteiger charge is -2.14. The van der Waals surface area contributed by atoms with Gasteiger partial charge in [0.2, 0.25) is 5.91 Å². The Hall–Kier alpha value is -2.63. The van der Waals surface area contributed by atoms with Gasteiger partial charge >= 0.3 is 0 Å². The fourth-order valence-corrected chi connectivity index (χ4v) is 2.41. The number of hydrogen-bond acceptors (Lipinski definition) is 4. The number of nitrogens with one attached hydrogen (secondary N) is 1. The molecule has 1 unspecified atom stereocenters. The first-order valence-corrected chi connectivity index (χ1v) is 8.22. The topological polar surface area (TPSA) is 73.2 Å². The normalized spacial score (nSPS) is 14.9. The first-order chi connectivity index (χ1) is 11.6. The van der Waals surface area contributed by atoms with Gasteiger partial charge < -0.3 is 10.1 Å². The largest absolute Gasteiger partial charge is 0.494 e. The highest BCUT2D eigenvalue weighted by molar-refractivity contribution is 5.80. The van der Waals surface area contributed by atoms with Crippen molar-refractivity contribution in [2.24, 2.45) is 0 Å². The zero-order valence-corrected chi connectivity index (χ0v) is 13.9. The highest BCUT2D eigenvalue weighted by Crippen LogP contribution is 2.21. The number of amides is 1. The van der Waals surface area contributed by atoms with Crippen LogP contribution in [0.4, 0.5) is 0 Å². The highest BCUT2D eigenvalue weighted by Gasteiger charge is 2.27. The average Bonchev–Trinajstić information content (AvgIpc) is 3.40. The van der Waals surface area contributed by atoms with Gasteiger partial charge in [-0.25, -0.2) is 4.68 Å². The summed E-state index contributed by atoms with van der Waals surface area (Å²) < 4.78 is 6.66. The van der Waals surface area contributed by atoms with Crippen molar-refractivity contribution in [3.63, 3.8) is 0 Å². The fourth-order valence-electron chi connectivity index (χ4n) is 2.41. The average molecular weight is 327 g/mol. The summed E-state index contributed by atoms with van der Waals surface area (Å²) in [7, 11) is 0. The van der Waals surface area contributed by atoms with Crippen molar-refractivity contribution < 1.29 is 9.53 Å². The Kier molecular flexibility index (Phi) is 4.64. The molecule has 0 spiro atoms. The van der Waals surface area contributed by atoms with E-state index in [9.17, 15) is 9.59 Å². The van der Waals surface area contributed by atoms with Crippen LogP contribution in [0.15, 0.2) is 41.2 Å². The molecule has 1 fully saturated rings. The number of carbonyl (C=O) groups is 1. The molecular formula is C18H21N3O3. The van der Waals surface area contributed by atoms with E-state index < -0.39 is 6.04 Å². The first kappa shape index (κ1) is 16.2. The second-order valence-electron chi connectivity index (χ2n) is 5.92. The van der Waals surface area contributed by atoms with Gasteiger partial charge in [0.15, 0.2) is 0 Å². The van der Waals surface area contributed by atoms with Crippen LogP contribution in [0.25, 0.3) is 11.3 Å². The van der Waals surface area contributed by atoms with Crippen LogP contribution in [-0.2, 0) is 4.79 Å². The molecule has 1 aromatic heterocycles. The van der Waals surface area contributed by atoms with E-state index in [0.717, 1.165) is 24.2 Å². The zero-order chi connectivity index (χ0) is 17.1.